The van der Waals surface area contributed by atoms with Crippen LogP contribution in [0.25, 0.3) is 22.3 Å². The van der Waals surface area contributed by atoms with E-state index in [9.17, 15) is 58.4 Å². The van der Waals surface area contributed by atoms with Crippen molar-refractivity contribution in [1.29, 1.82) is 0 Å². The van der Waals surface area contributed by atoms with Crippen LogP contribution < -0.4 is 32.0 Å². The van der Waals surface area contributed by atoms with Gasteiger partial charge in [0.2, 0.25) is 17.7 Å². The highest BCUT2D eigenvalue weighted by molar-refractivity contribution is 7.73. The molecule has 0 aromatic carbocycles. The number of aliphatic hydroxyl groups excluding tert-OH is 4. The van der Waals surface area contributed by atoms with Crippen molar-refractivity contribution in [1.82, 2.24) is 34.1 Å². The molecule has 2 saturated heterocycles. The Bertz CT molecular complexity index is 2280. The molecule has 0 saturated carbocycles. The highest BCUT2D eigenvalue weighted by Gasteiger charge is 2.49. The van der Waals surface area contributed by atoms with E-state index in [0.29, 0.717) is 0 Å². The minimum absolute atomic E-state index is 0.0247. The lowest BCUT2D eigenvalue weighted by molar-refractivity contribution is -0.745. The number of aromatic nitrogens is 8. The third-order valence-electron chi connectivity index (χ3n) is 7.89. The quantitative estimate of drug-likeness (QED) is 0.0473. The van der Waals surface area contributed by atoms with Crippen LogP contribution in [0.1, 0.15) is 12.5 Å². The van der Waals surface area contributed by atoms with E-state index in [1.807, 2.05) is 0 Å². The van der Waals surface area contributed by atoms with E-state index in [0.717, 1.165) is 10.9 Å². The van der Waals surface area contributed by atoms with E-state index in [2.05, 4.69) is 33.8 Å². The van der Waals surface area contributed by atoms with Crippen LogP contribution in [-0.2, 0) is 43.6 Å². The van der Waals surface area contributed by atoms with Gasteiger partial charge in [-0.15, -0.1) is 0 Å². The zero-order valence-corrected chi connectivity index (χ0v) is 28.9. The number of nitrogen functional groups attached to an aromatic ring is 2. The van der Waals surface area contributed by atoms with Crippen LogP contribution in [0.15, 0.2) is 22.2 Å². The summed E-state index contributed by atoms with van der Waals surface area (Å²) in [6, 6.07) is 0. The van der Waals surface area contributed by atoms with Crippen molar-refractivity contribution >= 4 is 57.2 Å². The first-order valence-electron chi connectivity index (χ1n) is 14.6. The fourth-order valence-electron chi connectivity index (χ4n) is 5.60. The summed E-state index contributed by atoms with van der Waals surface area (Å²) in [4.78, 5) is 73.4. The molecule has 0 amide bonds. The lowest BCUT2D eigenvalue weighted by atomic mass is 10.1. The Morgan fingerprint density at radius 3 is 2.25 bits per heavy atom. The molecule has 0 aliphatic carbocycles. The maximum absolute atomic E-state index is 12.7. The number of aryl methyl sites for hydroxylation is 1. The van der Waals surface area contributed by atoms with Gasteiger partial charge in [-0.1, -0.05) is 4.98 Å². The lowest BCUT2D eigenvalue weighted by Crippen LogP contribution is -2.46. The number of fused-ring (bicyclic) bond motifs is 2. The summed E-state index contributed by atoms with van der Waals surface area (Å²) >= 11 is 0. The Labute approximate surface area is 287 Å². The molecule has 30 heteroatoms. The van der Waals surface area contributed by atoms with Crippen LogP contribution in [-0.4, -0.2) is 120 Å². The number of nitrogens with two attached hydrogens (primary N) is 2. The summed E-state index contributed by atoms with van der Waals surface area (Å²) in [5.41, 5.74) is 9.45. The van der Waals surface area contributed by atoms with Gasteiger partial charge in [-0.3, -0.25) is 42.4 Å². The monoisotopic (exact) mass is 800 g/mol. The number of nitrogens with one attached hydrogen (secondary N) is 2. The number of anilines is 2. The Hall–Kier alpha value is -3.49. The molecular formula is C22H31N10O17P3. The van der Waals surface area contributed by atoms with Crippen molar-refractivity contribution in [3.63, 3.8) is 0 Å². The molecule has 2 aliphatic rings. The molecule has 0 radical (unpaired) electrons. The highest BCUT2D eigenvalue weighted by atomic mass is 31.3. The first-order chi connectivity index (χ1) is 24.2. The van der Waals surface area contributed by atoms with Crippen molar-refractivity contribution in [2.45, 2.75) is 49.1 Å². The summed E-state index contributed by atoms with van der Waals surface area (Å²) in [7, 11) is -15.1. The van der Waals surface area contributed by atoms with E-state index in [4.69, 9.17) is 25.5 Å². The normalized spacial score (nSPS) is 30.1. The molecule has 12 N–H and O–H groups in total. The predicted molar refractivity (Wildman–Crippen MR) is 165 cm³/mol. The summed E-state index contributed by atoms with van der Waals surface area (Å²) < 4.78 is 65.8. The smallest absolute Gasteiger partial charge is 0.346 e. The van der Waals surface area contributed by atoms with Crippen molar-refractivity contribution in [3.8, 4) is 0 Å². The van der Waals surface area contributed by atoms with Crippen molar-refractivity contribution in [3.05, 3.63) is 33.4 Å². The summed E-state index contributed by atoms with van der Waals surface area (Å²) in [5, 5.41) is 42.1. The van der Waals surface area contributed by atoms with Gasteiger partial charge in [0.15, 0.2) is 29.6 Å². The molecular weight excluding hydrogens is 769 g/mol. The number of ether oxygens (including phenoxy) is 2. The third kappa shape index (κ3) is 7.48. The molecule has 52 heavy (non-hydrogen) atoms. The van der Waals surface area contributed by atoms with Gasteiger partial charge in [0.05, 0.1) is 26.6 Å². The zero-order valence-electron chi connectivity index (χ0n) is 26.2. The SMILES string of the molecule is Cn1c[n+]([C@@H]2O[C@H](COP(=O)(O)CP(=O)(O)OP(=O)([O-])OC[C@H]3O[C@@H](n4cnc5c(=O)[nH]c(N)nc54)[C@H](O)[C@@H]3O)[C@@H](O)[C@H]2O)c2nc(N)[nH]c(=O)c21. The third-order valence-corrected chi connectivity index (χ3v) is 13.6. The number of rotatable bonds is 12. The Kier molecular flexibility index (Phi) is 10.1. The number of hydrogen-bond donors (Lipinski definition) is 10. The van der Waals surface area contributed by atoms with E-state index in [-0.39, 0.29) is 34.2 Å². The molecule has 6 rings (SSSR count). The van der Waals surface area contributed by atoms with Crippen molar-refractivity contribution < 1.29 is 76.2 Å². The zero-order chi connectivity index (χ0) is 38.1. The molecule has 4 aromatic heterocycles. The fourth-order valence-corrected chi connectivity index (χ4v) is 10.6. The molecule has 4 aromatic rings. The van der Waals surface area contributed by atoms with Crippen LogP contribution in [0.3, 0.4) is 0 Å². The highest BCUT2D eigenvalue weighted by Crippen LogP contribution is 2.65. The molecule has 0 bridgehead atoms. The van der Waals surface area contributed by atoms with Gasteiger partial charge in [0.1, 0.15) is 36.6 Å². The number of phosphoric acid groups is 1. The van der Waals surface area contributed by atoms with E-state index < -0.39 is 102 Å². The molecule has 2 fully saturated rings. The molecule has 27 nitrogen and oxygen atoms in total. The van der Waals surface area contributed by atoms with Crippen LogP contribution in [0.5, 0.6) is 0 Å². The fraction of sp³-hybridized carbons (Fsp3) is 0.545. The van der Waals surface area contributed by atoms with Gasteiger partial charge in [-0.25, -0.2) is 13.9 Å². The average molecular weight is 800 g/mol. The molecule has 286 valence electrons. The second kappa shape index (κ2) is 13.7. The molecule has 2 aliphatic heterocycles. The Balaban J connectivity index is 1.05. The largest absolute Gasteiger partial charge is 0.756 e. The van der Waals surface area contributed by atoms with E-state index in [1.165, 1.54) is 22.5 Å². The number of hydrogen-bond acceptors (Lipinski definition) is 20. The van der Waals surface area contributed by atoms with Gasteiger partial charge in [-0.05, 0) is 0 Å². The number of H-pyrrole nitrogens is 2. The lowest BCUT2D eigenvalue weighted by Gasteiger charge is -2.27. The maximum atomic E-state index is 12.7. The number of nitrogens with zero attached hydrogens (tertiary/aromatic N) is 6. The predicted octanol–water partition coefficient (Wildman–Crippen LogP) is -5.07. The summed E-state index contributed by atoms with van der Waals surface area (Å²) in [5.74, 6) is -2.38. The van der Waals surface area contributed by atoms with Crippen LogP contribution in [0.4, 0.5) is 11.9 Å². The second-order valence-corrected chi connectivity index (χ2v) is 17.4. The maximum Gasteiger partial charge on any atom is 0.346 e. The molecule has 11 atom stereocenters. The minimum atomic E-state index is -5.82. The molecule has 3 unspecified atom stereocenters. The topological polar surface area (TPSA) is 412 Å². The van der Waals surface area contributed by atoms with Gasteiger partial charge in [0, 0.05) is 0 Å². The van der Waals surface area contributed by atoms with Gasteiger partial charge < -0.3 is 65.1 Å². The average Bonchev–Trinajstić information content (AvgIpc) is 3.74. The van der Waals surface area contributed by atoms with Crippen LogP contribution in [0, 0.1) is 0 Å². The number of aromatic amines is 2. The Morgan fingerprint density at radius 1 is 0.923 bits per heavy atom. The van der Waals surface area contributed by atoms with Crippen LogP contribution >= 0.6 is 23.0 Å². The van der Waals surface area contributed by atoms with Gasteiger partial charge in [0.25, 0.3) is 24.9 Å². The van der Waals surface area contributed by atoms with E-state index in [1.54, 1.807) is 0 Å². The van der Waals surface area contributed by atoms with Crippen molar-refractivity contribution in [2.75, 3.05) is 30.6 Å². The molecule has 6 heterocycles. The first-order valence-corrected chi connectivity index (χ1v) is 19.6. The van der Waals surface area contributed by atoms with Crippen LogP contribution in [0.2, 0.25) is 0 Å². The van der Waals surface area contributed by atoms with E-state index >= 15 is 0 Å². The first kappa shape index (κ1) is 38.2. The standard InChI is InChI=1S/C22H31N10O17P3/c1-30-5-32(16-10(30)18(38)29-22(24)27-16)20-14(36)11(33)7(48-20)2-45-50(39,40)6-51(41,42)49-52(43,44)46-3-8-12(34)13(35)19(47-8)31-4-25-9-15(31)26-21(23)28-17(9)37/h4-5,7-8,11-14,19-20,33-36H,2-3,6H2,1H3,(H8-,23,24,26,27,28,29,37,38,39,40,41,42,43,44)/t7-,8-,11-,12-,13-,14-,19-,20-/m1/s1. The summed E-state index contributed by atoms with van der Waals surface area (Å²) in [6.45, 7) is -2.07. The number of imidazole rings is 2. The van der Waals surface area contributed by atoms with Crippen molar-refractivity contribution in [2.24, 2.45) is 7.05 Å². The second-order valence-electron chi connectivity index (χ2n) is 11.7. The number of phosphoric ester groups is 1. The number of aliphatic hydroxyl groups is 4. The van der Waals surface area contributed by atoms with Gasteiger partial charge in [-0.2, -0.15) is 4.98 Å². The Morgan fingerprint density at radius 2 is 1.54 bits per heavy atom. The minimum Gasteiger partial charge on any atom is -0.756 e. The summed E-state index contributed by atoms with van der Waals surface area (Å²) in [6.07, 6.45) is -10.8. The van der Waals surface area contributed by atoms with Gasteiger partial charge >= 0.3 is 20.8 Å². The molecule has 0 spiro atoms.